The van der Waals surface area contributed by atoms with Crippen molar-refractivity contribution < 1.29 is 4.79 Å². The molecule has 1 atom stereocenters. The molecule has 15 heavy (non-hydrogen) atoms. The van der Waals surface area contributed by atoms with Crippen LogP contribution in [-0.2, 0) is 4.79 Å². The summed E-state index contributed by atoms with van der Waals surface area (Å²) in [4.78, 5) is 13.3. The maximum Gasteiger partial charge on any atom is 0.240 e. The molecule has 1 amide bonds. The molecule has 0 unspecified atom stereocenters. The number of hydrogen-bond donors (Lipinski definition) is 2. The van der Waals surface area contributed by atoms with Gasteiger partial charge < -0.3 is 10.6 Å². The molecule has 0 radical (unpaired) electrons. The van der Waals surface area contributed by atoms with E-state index in [-0.39, 0.29) is 17.7 Å². The summed E-state index contributed by atoms with van der Waals surface area (Å²) in [6.45, 7) is 8.73. The molecule has 4 heteroatoms. The van der Waals surface area contributed by atoms with Gasteiger partial charge in [-0.3, -0.25) is 4.79 Å². The van der Waals surface area contributed by atoms with Crippen LogP contribution in [0, 0.1) is 0 Å². The Morgan fingerprint density at radius 3 is 2.27 bits per heavy atom. The predicted octanol–water partition coefficient (Wildman–Crippen LogP) is 1.80. The molecule has 88 valence electrons. The van der Waals surface area contributed by atoms with Gasteiger partial charge in [0, 0.05) is 17.5 Å². The molecule has 0 bridgehead atoms. The minimum absolute atomic E-state index is 0.0325. The third kappa shape index (κ3) is 3.87. The van der Waals surface area contributed by atoms with E-state index in [2.05, 4.69) is 19.6 Å². The normalized spacial score (nSPS) is 14.5. The van der Waals surface area contributed by atoms with E-state index in [1.807, 2.05) is 20.8 Å². The highest BCUT2D eigenvalue weighted by molar-refractivity contribution is 7.81. The minimum Gasteiger partial charge on any atom is -0.322 e. The van der Waals surface area contributed by atoms with Crippen LogP contribution in [-0.4, -0.2) is 29.1 Å². The molecule has 0 rings (SSSR count). The van der Waals surface area contributed by atoms with Crippen LogP contribution in [0.15, 0.2) is 11.3 Å². The molecule has 0 aromatic heterocycles. The molecule has 0 aliphatic heterocycles. The molecular weight excluding hydrogens is 208 g/mol. The number of nitrogens with two attached hydrogens (primary N) is 1. The number of hydrogen-bond acceptors (Lipinski definition) is 3. The first-order valence-corrected chi connectivity index (χ1v) is 5.89. The van der Waals surface area contributed by atoms with Crippen molar-refractivity contribution in [2.24, 2.45) is 5.73 Å². The number of nitrogens with zero attached hydrogens (tertiary/aromatic N) is 1. The van der Waals surface area contributed by atoms with Crippen LogP contribution in [0.3, 0.4) is 0 Å². The maximum atomic E-state index is 11.6. The molecule has 2 N–H and O–H groups in total. The lowest BCUT2D eigenvalue weighted by Gasteiger charge is -2.25. The largest absolute Gasteiger partial charge is 0.322 e. The first kappa shape index (κ1) is 14.5. The second kappa shape index (κ2) is 6.90. The third-order valence-corrected chi connectivity index (χ3v) is 2.86. The van der Waals surface area contributed by atoms with Crippen molar-refractivity contribution in [3.05, 3.63) is 11.3 Å². The fourth-order valence-electron chi connectivity index (χ4n) is 1.74. The van der Waals surface area contributed by atoms with E-state index < -0.39 is 0 Å². The van der Waals surface area contributed by atoms with E-state index in [0.717, 1.165) is 12.1 Å². The summed E-state index contributed by atoms with van der Waals surface area (Å²) in [7, 11) is 0. The van der Waals surface area contributed by atoms with Gasteiger partial charge in [0.05, 0.1) is 6.54 Å². The van der Waals surface area contributed by atoms with E-state index in [1.54, 1.807) is 4.90 Å². The van der Waals surface area contributed by atoms with Gasteiger partial charge >= 0.3 is 0 Å². The van der Waals surface area contributed by atoms with Gasteiger partial charge in [0.2, 0.25) is 5.91 Å². The topological polar surface area (TPSA) is 46.3 Å². The number of rotatable bonds is 5. The lowest BCUT2D eigenvalue weighted by atomic mass is 10.1. The Bertz CT molecular complexity index is 249. The van der Waals surface area contributed by atoms with Crippen molar-refractivity contribution in [3.63, 3.8) is 0 Å². The highest BCUT2D eigenvalue weighted by Gasteiger charge is 2.16. The van der Waals surface area contributed by atoms with Gasteiger partial charge in [-0.2, -0.15) is 12.6 Å². The molecule has 0 fully saturated rings. The average Bonchev–Trinajstić information content (AvgIpc) is 2.19. The standard InChI is InChI=1S/C11H22N2OS/c1-5-10(9(4)15)8(3)13(6-2)11(14)7-12/h9,15H,5-7,12H2,1-4H3/b10-8-/t9-/m0/s1. The fraction of sp³-hybridized carbons (Fsp3) is 0.727. The Morgan fingerprint density at radius 2 is 2.00 bits per heavy atom. The summed E-state index contributed by atoms with van der Waals surface area (Å²) < 4.78 is 0. The Hall–Kier alpha value is -0.480. The predicted molar refractivity (Wildman–Crippen MR) is 67.9 cm³/mol. The molecule has 0 spiro atoms. The number of thiol groups is 1. The number of carbonyl (C=O) groups excluding carboxylic acids is 1. The van der Waals surface area contributed by atoms with E-state index in [9.17, 15) is 4.79 Å². The van der Waals surface area contributed by atoms with Gasteiger partial charge in [-0.15, -0.1) is 0 Å². The zero-order valence-corrected chi connectivity index (χ0v) is 11.0. The van der Waals surface area contributed by atoms with Crippen molar-refractivity contribution in [2.45, 2.75) is 39.4 Å². The Kier molecular flexibility index (Phi) is 6.68. The van der Waals surface area contributed by atoms with E-state index >= 15 is 0 Å². The van der Waals surface area contributed by atoms with Crippen LogP contribution in [0.1, 0.15) is 34.1 Å². The summed E-state index contributed by atoms with van der Waals surface area (Å²) in [5, 5.41) is 0.176. The fourth-order valence-corrected chi connectivity index (χ4v) is 2.11. The number of allylic oxidation sites excluding steroid dienone is 1. The summed E-state index contributed by atoms with van der Waals surface area (Å²) in [6.07, 6.45) is 0.908. The molecule has 0 aliphatic rings. The van der Waals surface area contributed by atoms with Crippen molar-refractivity contribution in [1.29, 1.82) is 0 Å². The van der Waals surface area contributed by atoms with E-state index in [1.165, 1.54) is 5.57 Å². The monoisotopic (exact) mass is 230 g/mol. The summed E-state index contributed by atoms with van der Waals surface area (Å²) in [6, 6.07) is 0. The van der Waals surface area contributed by atoms with Crippen LogP contribution in [0.4, 0.5) is 0 Å². The smallest absolute Gasteiger partial charge is 0.240 e. The number of amides is 1. The van der Waals surface area contributed by atoms with E-state index in [4.69, 9.17) is 5.73 Å². The summed E-state index contributed by atoms with van der Waals surface area (Å²) in [5.74, 6) is -0.0325. The molecular formula is C11H22N2OS. The van der Waals surface area contributed by atoms with Crippen LogP contribution < -0.4 is 5.73 Å². The first-order chi connectivity index (χ1) is 6.99. The van der Waals surface area contributed by atoms with Crippen molar-refractivity contribution in [3.8, 4) is 0 Å². The molecule has 0 saturated carbocycles. The average molecular weight is 230 g/mol. The second-order valence-corrected chi connectivity index (χ2v) is 4.26. The summed E-state index contributed by atoms with van der Waals surface area (Å²) in [5.41, 5.74) is 7.57. The van der Waals surface area contributed by atoms with Gasteiger partial charge in [0.15, 0.2) is 0 Å². The maximum absolute atomic E-state index is 11.6. The van der Waals surface area contributed by atoms with Crippen molar-refractivity contribution in [1.82, 2.24) is 4.90 Å². The molecule has 0 saturated heterocycles. The second-order valence-electron chi connectivity index (χ2n) is 3.48. The molecule has 3 nitrogen and oxygen atoms in total. The summed E-state index contributed by atoms with van der Waals surface area (Å²) >= 11 is 4.42. The van der Waals surface area contributed by atoms with Gasteiger partial charge in [-0.25, -0.2) is 0 Å². The van der Waals surface area contributed by atoms with Crippen molar-refractivity contribution in [2.75, 3.05) is 13.1 Å². The first-order valence-electron chi connectivity index (χ1n) is 5.37. The van der Waals surface area contributed by atoms with Crippen molar-refractivity contribution >= 4 is 18.5 Å². The third-order valence-electron chi connectivity index (χ3n) is 2.55. The zero-order valence-electron chi connectivity index (χ0n) is 10.1. The van der Waals surface area contributed by atoms with E-state index in [0.29, 0.717) is 6.54 Å². The SMILES string of the molecule is CC/C(=C(\C)N(CC)C(=O)CN)[C@H](C)S. The van der Waals surface area contributed by atoms with Crippen LogP contribution in [0.25, 0.3) is 0 Å². The molecule has 0 aromatic carbocycles. The molecule has 0 aromatic rings. The minimum atomic E-state index is -0.0325. The quantitative estimate of drug-likeness (QED) is 0.707. The Morgan fingerprint density at radius 1 is 1.47 bits per heavy atom. The van der Waals surface area contributed by atoms with Crippen LogP contribution in [0.5, 0.6) is 0 Å². The van der Waals surface area contributed by atoms with Gasteiger partial charge in [-0.1, -0.05) is 6.92 Å². The van der Waals surface area contributed by atoms with Gasteiger partial charge in [0.1, 0.15) is 0 Å². The highest BCUT2D eigenvalue weighted by Crippen LogP contribution is 2.20. The number of likely N-dealkylation sites (N-methyl/N-ethyl adjacent to an activating group) is 1. The number of carbonyl (C=O) groups is 1. The Labute approximate surface area is 98.1 Å². The van der Waals surface area contributed by atoms with Gasteiger partial charge in [0.25, 0.3) is 0 Å². The molecule has 0 heterocycles. The lowest BCUT2D eigenvalue weighted by molar-refractivity contribution is -0.127. The van der Waals surface area contributed by atoms with Crippen LogP contribution in [0.2, 0.25) is 0 Å². The Balaban J connectivity index is 5.04. The highest BCUT2D eigenvalue weighted by atomic mass is 32.1. The zero-order chi connectivity index (χ0) is 12.0. The molecule has 0 aliphatic carbocycles. The van der Waals surface area contributed by atoms with Crippen LogP contribution >= 0.6 is 12.6 Å². The lowest BCUT2D eigenvalue weighted by Crippen LogP contribution is -2.35. The van der Waals surface area contributed by atoms with Gasteiger partial charge in [-0.05, 0) is 32.8 Å².